The molecule has 3 atom stereocenters. The summed E-state index contributed by atoms with van der Waals surface area (Å²) in [6, 6.07) is 10.5. The largest absolute Gasteiger partial charge is 0.496 e. The van der Waals surface area contributed by atoms with Crippen LogP contribution in [0.5, 0.6) is 5.75 Å². The number of rotatable bonds is 5. The van der Waals surface area contributed by atoms with Crippen molar-refractivity contribution in [3.63, 3.8) is 0 Å². The molecule has 144 valence electrons. The Hall–Kier alpha value is -1.59. The van der Waals surface area contributed by atoms with Crippen LogP contribution in [0.15, 0.2) is 30.3 Å². The van der Waals surface area contributed by atoms with Gasteiger partial charge >= 0.3 is 0 Å². The number of methoxy groups -OCH3 is 1. The van der Waals surface area contributed by atoms with Crippen molar-refractivity contribution in [1.29, 1.82) is 0 Å². The fourth-order valence-corrected chi connectivity index (χ4v) is 4.29. The lowest BCUT2D eigenvalue weighted by atomic mass is 9.86. The van der Waals surface area contributed by atoms with E-state index in [1.807, 2.05) is 12.1 Å². The molecule has 1 saturated heterocycles. The second-order valence-corrected chi connectivity index (χ2v) is 7.93. The minimum Gasteiger partial charge on any atom is -0.496 e. The van der Waals surface area contributed by atoms with Crippen molar-refractivity contribution in [3.8, 4) is 5.75 Å². The quantitative estimate of drug-likeness (QED) is 0.821. The van der Waals surface area contributed by atoms with Crippen LogP contribution >= 0.6 is 11.6 Å². The first-order valence-electron chi connectivity index (χ1n) is 9.48. The third-order valence-corrected chi connectivity index (χ3v) is 6.01. The van der Waals surface area contributed by atoms with E-state index in [1.54, 1.807) is 7.11 Å². The zero-order valence-electron chi connectivity index (χ0n) is 15.5. The minimum atomic E-state index is -0.502. The van der Waals surface area contributed by atoms with Gasteiger partial charge in [0.2, 0.25) is 0 Å². The molecule has 0 radical (unpaired) electrons. The zero-order valence-corrected chi connectivity index (χ0v) is 16.2. The van der Waals surface area contributed by atoms with Gasteiger partial charge in [0.05, 0.1) is 32.0 Å². The number of ether oxygens (including phenoxy) is 2. The van der Waals surface area contributed by atoms with Crippen molar-refractivity contribution in [1.82, 2.24) is 0 Å². The number of fused-ring (bicyclic) bond motifs is 1. The van der Waals surface area contributed by atoms with E-state index in [0.29, 0.717) is 23.6 Å². The number of halogens is 1. The normalized spacial score (nSPS) is 24.2. The summed E-state index contributed by atoms with van der Waals surface area (Å²) in [4.78, 5) is 0. The highest BCUT2D eigenvalue weighted by atomic mass is 35.5. The van der Waals surface area contributed by atoms with Gasteiger partial charge < -0.3 is 19.7 Å². The minimum absolute atomic E-state index is 0.106. The van der Waals surface area contributed by atoms with E-state index in [0.717, 1.165) is 24.0 Å². The Kier molecular flexibility index (Phi) is 5.42. The van der Waals surface area contributed by atoms with E-state index in [4.69, 9.17) is 21.1 Å². The van der Waals surface area contributed by atoms with E-state index in [2.05, 4.69) is 18.2 Å². The van der Waals surface area contributed by atoms with Gasteiger partial charge in [-0.25, -0.2) is 0 Å². The Morgan fingerprint density at radius 1 is 1.15 bits per heavy atom. The van der Waals surface area contributed by atoms with Gasteiger partial charge in [0.25, 0.3) is 0 Å². The SMILES string of the molecule is COc1cc(Cl)c(Cc2ccc3c(c2)CC3)cc1C1CC(O)CC(CO)O1. The molecule has 0 aromatic heterocycles. The van der Waals surface area contributed by atoms with Crippen LogP contribution in [0.3, 0.4) is 0 Å². The average molecular weight is 389 g/mol. The summed E-state index contributed by atoms with van der Waals surface area (Å²) in [5.41, 5.74) is 6.00. The zero-order chi connectivity index (χ0) is 19.0. The molecule has 27 heavy (non-hydrogen) atoms. The molecule has 3 unspecified atom stereocenters. The molecule has 1 aliphatic carbocycles. The Morgan fingerprint density at radius 3 is 2.63 bits per heavy atom. The van der Waals surface area contributed by atoms with Gasteiger partial charge in [0, 0.05) is 23.4 Å². The molecule has 1 aliphatic heterocycles. The molecule has 2 aromatic carbocycles. The Labute approximate surface area is 164 Å². The van der Waals surface area contributed by atoms with Crippen molar-refractivity contribution < 1.29 is 19.7 Å². The molecule has 5 heteroatoms. The smallest absolute Gasteiger partial charge is 0.126 e. The molecule has 0 saturated carbocycles. The fraction of sp³-hybridized carbons (Fsp3) is 0.455. The maximum absolute atomic E-state index is 10.2. The highest BCUT2D eigenvalue weighted by Crippen LogP contribution is 2.39. The van der Waals surface area contributed by atoms with Gasteiger partial charge in [-0.1, -0.05) is 29.8 Å². The first-order chi connectivity index (χ1) is 13.1. The molecule has 1 heterocycles. The molecule has 1 fully saturated rings. The summed E-state index contributed by atoms with van der Waals surface area (Å²) in [7, 11) is 1.61. The number of aryl methyl sites for hydroxylation is 2. The van der Waals surface area contributed by atoms with Gasteiger partial charge in [-0.3, -0.25) is 0 Å². The van der Waals surface area contributed by atoms with Gasteiger partial charge in [-0.15, -0.1) is 0 Å². The van der Waals surface area contributed by atoms with Crippen LogP contribution in [-0.2, 0) is 24.0 Å². The number of aliphatic hydroxyl groups excluding tert-OH is 2. The molecule has 4 rings (SSSR count). The molecule has 0 bridgehead atoms. The summed E-state index contributed by atoms with van der Waals surface area (Å²) in [5, 5.41) is 20.3. The summed E-state index contributed by atoms with van der Waals surface area (Å²) in [5.74, 6) is 0.650. The Balaban J connectivity index is 1.64. The lowest BCUT2D eigenvalue weighted by molar-refractivity contribution is -0.114. The Morgan fingerprint density at radius 2 is 1.96 bits per heavy atom. The predicted molar refractivity (Wildman–Crippen MR) is 105 cm³/mol. The lowest BCUT2D eigenvalue weighted by Gasteiger charge is -2.33. The molecular formula is C22H25ClO4. The van der Waals surface area contributed by atoms with Crippen molar-refractivity contribution in [2.75, 3.05) is 13.7 Å². The highest BCUT2D eigenvalue weighted by molar-refractivity contribution is 6.31. The van der Waals surface area contributed by atoms with Crippen LogP contribution in [0, 0.1) is 0 Å². The van der Waals surface area contributed by atoms with Crippen molar-refractivity contribution in [2.45, 2.75) is 50.4 Å². The summed E-state index contributed by atoms with van der Waals surface area (Å²) >= 11 is 6.53. The molecule has 2 N–H and O–H groups in total. The van der Waals surface area contributed by atoms with Crippen LogP contribution in [0.4, 0.5) is 0 Å². The summed E-state index contributed by atoms with van der Waals surface area (Å²) in [6.45, 7) is -0.106. The lowest BCUT2D eigenvalue weighted by Crippen LogP contribution is -2.33. The standard InChI is InChI=1S/C22H25ClO4/c1-26-21-11-20(23)16(7-13-2-3-14-4-5-15(14)6-13)8-19(21)22-10-17(25)9-18(12-24)27-22/h2-3,6,8,11,17-18,22,24-25H,4-5,7,9-10,12H2,1H3. The van der Waals surface area contributed by atoms with Crippen molar-refractivity contribution >= 4 is 11.6 Å². The first kappa shape index (κ1) is 18.8. The van der Waals surface area contributed by atoms with Crippen molar-refractivity contribution in [2.24, 2.45) is 0 Å². The Bertz CT molecular complexity index is 835. The van der Waals surface area contributed by atoms with Crippen LogP contribution in [0.25, 0.3) is 0 Å². The number of aliphatic hydroxyl groups is 2. The third-order valence-electron chi connectivity index (χ3n) is 5.66. The van der Waals surface area contributed by atoms with Crippen LogP contribution < -0.4 is 4.74 Å². The summed E-state index contributed by atoms with van der Waals surface area (Å²) < 4.78 is 11.5. The van der Waals surface area contributed by atoms with E-state index >= 15 is 0 Å². The fourth-order valence-electron chi connectivity index (χ4n) is 4.07. The van der Waals surface area contributed by atoms with E-state index < -0.39 is 6.10 Å². The van der Waals surface area contributed by atoms with Crippen molar-refractivity contribution in [3.05, 3.63) is 63.2 Å². The number of benzene rings is 2. The van der Waals surface area contributed by atoms with E-state index in [9.17, 15) is 10.2 Å². The highest BCUT2D eigenvalue weighted by Gasteiger charge is 2.31. The van der Waals surface area contributed by atoms with E-state index in [-0.39, 0.29) is 18.8 Å². The number of hydrogen-bond donors (Lipinski definition) is 2. The third kappa shape index (κ3) is 3.85. The monoisotopic (exact) mass is 388 g/mol. The van der Waals surface area contributed by atoms with Gasteiger partial charge in [0.15, 0.2) is 0 Å². The summed E-state index contributed by atoms with van der Waals surface area (Å²) in [6.07, 6.45) is 2.80. The van der Waals surface area contributed by atoms with Gasteiger partial charge in [-0.2, -0.15) is 0 Å². The van der Waals surface area contributed by atoms with E-state index in [1.165, 1.54) is 23.1 Å². The van der Waals surface area contributed by atoms with Gasteiger partial charge in [-0.05, 0) is 53.6 Å². The molecule has 2 aliphatic rings. The van der Waals surface area contributed by atoms with Gasteiger partial charge in [0.1, 0.15) is 5.75 Å². The molecule has 0 amide bonds. The first-order valence-corrected chi connectivity index (χ1v) is 9.86. The average Bonchev–Trinajstić information content (AvgIpc) is 2.64. The molecule has 4 nitrogen and oxygen atoms in total. The maximum Gasteiger partial charge on any atom is 0.126 e. The second kappa shape index (κ2) is 7.80. The topological polar surface area (TPSA) is 58.9 Å². The maximum atomic E-state index is 10.2. The predicted octanol–water partition coefficient (Wildman–Crippen LogP) is 3.61. The molecular weight excluding hydrogens is 364 g/mol. The second-order valence-electron chi connectivity index (χ2n) is 7.52. The number of hydrogen-bond acceptors (Lipinski definition) is 4. The molecule has 2 aromatic rings. The van der Waals surface area contributed by atoms with Crippen LogP contribution in [0.2, 0.25) is 5.02 Å². The van der Waals surface area contributed by atoms with Crippen LogP contribution in [-0.4, -0.2) is 36.1 Å². The molecule has 0 spiro atoms. The van der Waals surface area contributed by atoms with Crippen LogP contribution in [0.1, 0.15) is 46.8 Å².